The Balaban J connectivity index is 1.27. The predicted octanol–water partition coefficient (Wildman–Crippen LogP) is 4.69. The van der Waals surface area contributed by atoms with E-state index < -0.39 is 11.7 Å². The number of hydrogen-bond acceptors (Lipinski definition) is 5. The molecule has 1 saturated heterocycles. The molecule has 0 bridgehead atoms. The third-order valence-electron chi connectivity index (χ3n) is 4.97. The van der Waals surface area contributed by atoms with Gasteiger partial charge in [0, 0.05) is 45.0 Å². The molecule has 0 aliphatic carbocycles. The average Bonchev–Trinajstić information content (AvgIpc) is 3.10. The Morgan fingerprint density at radius 3 is 2.59 bits per heavy atom. The minimum Gasteiger partial charge on any atom is -0.369 e. The molecule has 0 saturated carbocycles. The molecule has 154 valence electrons. The van der Waals surface area contributed by atoms with Crippen molar-refractivity contribution in [3.8, 4) is 0 Å². The molecular formula is C20H20F4N4S. The molecule has 0 radical (unpaired) electrons. The van der Waals surface area contributed by atoms with Crippen LogP contribution in [0.2, 0.25) is 0 Å². The van der Waals surface area contributed by atoms with E-state index in [2.05, 4.69) is 15.2 Å². The maximum Gasteiger partial charge on any atom is 0.416 e. The van der Waals surface area contributed by atoms with E-state index in [9.17, 15) is 17.6 Å². The minimum absolute atomic E-state index is 0.272. The predicted molar refractivity (Wildman–Crippen MR) is 108 cm³/mol. The highest BCUT2D eigenvalue weighted by Gasteiger charge is 2.31. The molecular weight excluding hydrogens is 404 g/mol. The fourth-order valence-electron chi connectivity index (χ4n) is 3.40. The number of fused-ring (bicyclic) bond motifs is 1. The third kappa shape index (κ3) is 4.79. The monoisotopic (exact) mass is 424 g/mol. The maximum absolute atomic E-state index is 13.3. The molecule has 2 aromatic carbocycles. The molecule has 0 amide bonds. The summed E-state index contributed by atoms with van der Waals surface area (Å²) in [6, 6.07) is 10.0. The third-order valence-corrected chi connectivity index (χ3v) is 5.94. The number of alkyl halides is 3. The van der Waals surface area contributed by atoms with Crippen LogP contribution in [0.3, 0.4) is 0 Å². The second kappa shape index (κ2) is 8.16. The van der Waals surface area contributed by atoms with Gasteiger partial charge in [0.05, 0.1) is 15.8 Å². The lowest BCUT2D eigenvalue weighted by Crippen LogP contribution is -2.47. The molecule has 1 fully saturated rings. The highest BCUT2D eigenvalue weighted by Crippen LogP contribution is 2.32. The molecule has 0 atom stereocenters. The van der Waals surface area contributed by atoms with Crippen molar-refractivity contribution in [3.05, 3.63) is 53.8 Å². The maximum atomic E-state index is 13.3. The Labute approximate surface area is 169 Å². The van der Waals surface area contributed by atoms with Crippen LogP contribution in [0.5, 0.6) is 0 Å². The van der Waals surface area contributed by atoms with Gasteiger partial charge in [0.25, 0.3) is 0 Å². The van der Waals surface area contributed by atoms with Crippen molar-refractivity contribution in [2.75, 3.05) is 49.5 Å². The van der Waals surface area contributed by atoms with E-state index in [1.807, 2.05) is 4.90 Å². The molecule has 1 aliphatic heterocycles. The van der Waals surface area contributed by atoms with Crippen LogP contribution in [-0.2, 0) is 6.18 Å². The molecule has 1 aromatic heterocycles. The molecule has 29 heavy (non-hydrogen) atoms. The SMILES string of the molecule is Fc1ccc2nc(NCCN3CCN(c4cccc(C(F)(F)F)c4)CC3)sc2c1. The van der Waals surface area contributed by atoms with Crippen LogP contribution in [0.1, 0.15) is 5.56 Å². The van der Waals surface area contributed by atoms with Crippen LogP contribution >= 0.6 is 11.3 Å². The van der Waals surface area contributed by atoms with Crippen LogP contribution in [0, 0.1) is 5.82 Å². The van der Waals surface area contributed by atoms with Gasteiger partial charge >= 0.3 is 6.18 Å². The van der Waals surface area contributed by atoms with Gasteiger partial charge in [0.15, 0.2) is 5.13 Å². The Morgan fingerprint density at radius 2 is 1.83 bits per heavy atom. The molecule has 4 rings (SSSR count). The molecule has 4 nitrogen and oxygen atoms in total. The molecule has 2 heterocycles. The highest BCUT2D eigenvalue weighted by molar-refractivity contribution is 7.22. The number of piperazine rings is 1. The van der Waals surface area contributed by atoms with Gasteiger partial charge in [0.2, 0.25) is 0 Å². The lowest BCUT2D eigenvalue weighted by Gasteiger charge is -2.36. The fourth-order valence-corrected chi connectivity index (χ4v) is 4.32. The van der Waals surface area contributed by atoms with E-state index in [1.165, 1.54) is 35.6 Å². The second-order valence-corrected chi connectivity index (χ2v) is 7.97. The molecule has 3 aromatic rings. The van der Waals surface area contributed by atoms with Gasteiger partial charge < -0.3 is 10.2 Å². The van der Waals surface area contributed by atoms with Gasteiger partial charge in [-0.05, 0) is 36.4 Å². The van der Waals surface area contributed by atoms with E-state index in [-0.39, 0.29) is 5.82 Å². The van der Waals surface area contributed by atoms with E-state index in [1.54, 1.807) is 12.1 Å². The zero-order valence-corrected chi connectivity index (χ0v) is 16.4. The second-order valence-electron chi connectivity index (χ2n) is 6.93. The van der Waals surface area contributed by atoms with Crippen molar-refractivity contribution in [3.63, 3.8) is 0 Å². The number of nitrogens with one attached hydrogen (secondary N) is 1. The Kier molecular flexibility index (Phi) is 5.60. The smallest absolute Gasteiger partial charge is 0.369 e. The number of rotatable bonds is 5. The zero-order valence-electron chi connectivity index (χ0n) is 15.5. The summed E-state index contributed by atoms with van der Waals surface area (Å²) in [5.41, 5.74) is 0.769. The molecule has 1 N–H and O–H groups in total. The van der Waals surface area contributed by atoms with Crippen molar-refractivity contribution in [1.82, 2.24) is 9.88 Å². The topological polar surface area (TPSA) is 31.4 Å². The van der Waals surface area contributed by atoms with E-state index >= 15 is 0 Å². The molecule has 9 heteroatoms. The van der Waals surface area contributed by atoms with E-state index in [4.69, 9.17) is 0 Å². The number of hydrogen-bond donors (Lipinski definition) is 1. The van der Waals surface area contributed by atoms with Crippen LogP contribution in [0.15, 0.2) is 42.5 Å². The first-order valence-corrected chi connectivity index (χ1v) is 10.1. The first-order chi connectivity index (χ1) is 13.9. The molecule has 0 spiro atoms. The highest BCUT2D eigenvalue weighted by atomic mass is 32.1. The lowest BCUT2D eigenvalue weighted by molar-refractivity contribution is -0.137. The standard InChI is InChI=1S/C20H20F4N4S/c21-15-4-5-17-18(13-15)29-19(26-17)25-6-7-27-8-10-28(11-9-27)16-3-1-2-14(12-16)20(22,23)24/h1-5,12-13H,6-11H2,(H,25,26). The van der Waals surface area contributed by atoms with Gasteiger partial charge in [-0.1, -0.05) is 17.4 Å². The van der Waals surface area contributed by atoms with Crippen molar-refractivity contribution in [2.45, 2.75) is 6.18 Å². The largest absolute Gasteiger partial charge is 0.416 e. The number of thiazole rings is 1. The molecule has 1 aliphatic rings. The molecule has 0 unspecified atom stereocenters. The number of anilines is 2. The summed E-state index contributed by atoms with van der Waals surface area (Å²) in [6.45, 7) is 4.43. The summed E-state index contributed by atoms with van der Waals surface area (Å²) < 4.78 is 52.8. The van der Waals surface area contributed by atoms with Crippen LogP contribution in [-0.4, -0.2) is 49.2 Å². The first kappa shape index (κ1) is 19.9. The normalized spacial score (nSPS) is 15.8. The number of benzene rings is 2. The zero-order chi connectivity index (χ0) is 20.4. The number of aromatic nitrogens is 1. The van der Waals surface area contributed by atoms with Crippen LogP contribution < -0.4 is 10.2 Å². The van der Waals surface area contributed by atoms with Crippen molar-refractivity contribution >= 4 is 32.4 Å². The quantitative estimate of drug-likeness (QED) is 0.603. The van der Waals surface area contributed by atoms with Crippen molar-refractivity contribution < 1.29 is 17.6 Å². The Bertz CT molecular complexity index is 980. The average molecular weight is 424 g/mol. The van der Waals surface area contributed by atoms with Gasteiger partial charge in [-0.3, -0.25) is 4.90 Å². The lowest BCUT2D eigenvalue weighted by atomic mass is 10.1. The van der Waals surface area contributed by atoms with Crippen LogP contribution in [0.4, 0.5) is 28.4 Å². The summed E-state index contributed by atoms with van der Waals surface area (Å²) in [4.78, 5) is 8.69. The fraction of sp³-hybridized carbons (Fsp3) is 0.350. The summed E-state index contributed by atoms with van der Waals surface area (Å²) in [6.07, 6.45) is -4.32. The summed E-state index contributed by atoms with van der Waals surface area (Å²) >= 11 is 1.42. The number of halogens is 4. The Hall–Kier alpha value is -2.39. The summed E-state index contributed by atoms with van der Waals surface area (Å²) in [5, 5.41) is 4.03. The first-order valence-electron chi connectivity index (χ1n) is 9.33. The summed E-state index contributed by atoms with van der Waals surface area (Å²) in [5.74, 6) is -0.272. The Morgan fingerprint density at radius 1 is 1.03 bits per heavy atom. The van der Waals surface area contributed by atoms with E-state index in [0.29, 0.717) is 25.3 Å². The number of nitrogens with zero attached hydrogens (tertiary/aromatic N) is 3. The summed E-state index contributed by atoms with van der Waals surface area (Å²) in [7, 11) is 0. The minimum atomic E-state index is -4.32. The van der Waals surface area contributed by atoms with E-state index in [0.717, 1.165) is 41.0 Å². The van der Waals surface area contributed by atoms with Crippen molar-refractivity contribution in [2.24, 2.45) is 0 Å². The van der Waals surface area contributed by atoms with Crippen LogP contribution in [0.25, 0.3) is 10.2 Å². The van der Waals surface area contributed by atoms with Gasteiger partial charge in [0.1, 0.15) is 5.82 Å². The van der Waals surface area contributed by atoms with Gasteiger partial charge in [-0.2, -0.15) is 13.2 Å². The van der Waals surface area contributed by atoms with Crippen molar-refractivity contribution in [1.29, 1.82) is 0 Å². The van der Waals surface area contributed by atoms with Gasteiger partial charge in [-0.15, -0.1) is 0 Å². The van der Waals surface area contributed by atoms with Gasteiger partial charge in [-0.25, -0.2) is 9.37 Å².